The second kappa shape index (κ2) is 5.25. The summed E-state index contributed by atoms with van der Waals surface area (Å²) in [6, 6.07) is 13.8. The number of aromatic amines is 1. The lowest BCUT2D eigenvalue weighted by atomic mass is 10.1. The van der Waals surface area contributed by atoms with Crippen LogP contribution in [0, 0.1) is 0 Å². The zero-order valence-corrected chi connectivity index (χ0v) is 11.5. The number of benzene rings is 2. The van der Waals surface area contributed by atoms with E-state index in [4.69, 9.17) is 9.47 Å². The third-order valence-corrected chi connectivity index (χ3v) is 3.29. The van der Waals surface area contributed by atoms with Crippen molar-refractivity contribution >= 4 is 11.0 Å². The lowest BCUT2D eigenvalue weighted by Crippen LogP contribution is -1.94. The molecule has 1 heterocycles. The molecule has 0 aliphatic heterocycles. The van der Waals surface area contributed by atoms with Crippen molar-refractivity contribution in [2.75, 3.05) is 14.2 Å². The minimum absolute atomic E-state index is 0.709. The van der Waals surface area contributed by atoms with Crippen LogP contribution in [-0.2, 0) is 6.42 Å². The first-order valence-electron chi connectivity index (χ1n) is 6.44. The number of ether oxygens (including phenoxy) is 2. The molecule has 0 aliphatic carbocycles. The van der Waals surface area contributed by atoms with Crippen molar-refractivity contribution in [1.29, 1.82) is 0 Å². The highest BCUT2D eigenvalue weighted by Crippen LogP contribution is 2.23. The Morgan fingerprint density at radius 1 is 1.05 bits per heavy atom. The van der Waals surface area contributed by atoms with E-state index >= 15 is 0 Å². The van der Waals surface area contributed by atoms with Gasteiger partial charge in [0.15, 0.2) is 0 Å². The summed E-state index contributed by atoms with van der Waals surface area (Å²) in [7, 11) is 3.34. The number of methoxy groups -OCH3 is 2. The molecule has 0 spiro atoms. The lowest BCUT2D eigenvalue weighted by molar-refractivity contribution is 0.410. The molecule has 20 heavy (non-hydrogen) atoms. The first kappa shape index (κ1) is 12.5. The Kier molecular flexibility index (Phi) is 3.29. The Balaban J connectivity index is 1.94. The molecule has 0 aliphatic rings. The van der Waals surface area contributed by atoms with Gasteiger partial charge in [0.25, 0.3) is 0 Å². The molecular formula is C16H16N2O2. The van der Waals surface area contributed by atoms with Gasteiger partial charge in [-0.25, -0.2) is 4.98 Å². The van der Waals surface area contributed by atoms with Crippen LogP contribution in [0.1, 0.15) is 11.4 Å². The molecule has 4 nitrogen and oxygen atoms in total. The number of aromatic nitrogens is 2. The van der Waals surface area contributed by atoms with Gasteiger partial charge in [0, 0.05) is 18.1 Å². The second-order valence-electron chi connectivity index (χ2n) is 4.56. The van der Waals surface area contributed by atoms with Gasteiger partial charge in [-0.3, -0.25) is 0 Å². The van der Waals surface area contributed by atoms with E-state index in [1.54, 1.807) is 14.2 Å². The van der Waals surface area contributed by atoms with Crippen LogP contribution in [0.15, 0.2) is 42.5 Å². The summed E-state index contributed by atoms with van der Waals surface area (Å²) in [6.07, 6.45) is 0.709. The third-order valence-electron chi connectivity index (χ3n) is 3.29. The fourth-order valence-electron chi connectivity index (χ4n) is 2.28. The molecule has 4 heteroatoms. The molecule has 3 aromatic rings. The highest BCUT2D eigenvalue weighted by molar-refractivity contribution is 5.76. The Bertz CT molecular complexity index is 734. The second-order valence-corrected chi connectivity index (χ2v) is 4.56. The highest BCUT2D eigenvalue weighted by Gasteiger charge is 2.08. The minimum Gasteiger partial charge on any atom is -0.497 e. The fraction of sp³-hybridized carbons (Fsp3) is 0.188. The van der Waals surface area contributed by atoms with Crippen LogP contribution >= 0.6 is 0 Å². The van der Waals surface area contributed by atoms with Crippen LogP contribution in [0.25, 0.3) is 11.0 Å². The summed E-state index contributed by atoms with van der Waals surface area (Å²) in [5.74, 6) is 2.62. The fourth-order valence-corrected chi connectivity index (χ4v) is 2.28. The van der Waals surface area contributed by atoms with Crippen molar-refractivity contribution in [3.63, 3.8) is 0 Å². The normalized spacial score (nSPS) is 10.7. The molecule has 2 aromatic carbocycles. The average molecular weight is 268 g/mol. The van der Waals surface area contributed by atoms with Crippen LogP contribution in [0.4, 0.5) is 0 Å². The summed E-state index contributed by atoms with van der Waals surface area (Å²) in [5, 5.41) is 0. The van der Waals surface area contributed by atoms with E-state index in [1.165, 1.54) is 0 Å². The number of fused-ring (bicyclic) bond motifs is 1. The Morgan fingerprint density at radius 2 is 1.90 bits per heavy atom. The van der Waals surface area contributed by atoms with E-state index in [0.717, 1.165) is 33.9 Å². The number of nitrogens with zero attached hydrogens (tertiary/aromatic N) is 1. The van der Waals surface area contributed by atoms with Crippen molar-refractivity contribution in [2.45, 2.75) is 6.42 Å². The molecule has 0 fully saturated rings. The first-order valence-corrected chi connectivity index (χ1v) is 6.44. The van der Waals surface area contributed by atoms with Crippen LogP contribution < -0.4 is 9.47 Å². The summed E-state index contributed by atoms with van der Waals surface area (Å²) >= 11 is 0. The molecule has 102 valence electrons. The van der Waals surface area contributed by atoms with E-state index < -0.39 is 0 Å². The van der Waals surface area contributed by atoms with Gasteiger partial charge in [0.1, 0.15) is 17.3 Å². The highest BCUT2D eigenvalue weighted by atomic mass is 16.5. The maximum atomic E-state index is 5.37. The molecule has 0 bridgehead atoms. The minimum atomic E-state index is 0.709. The predicted molar refractivity (Wildman–Crippen MR) is 78.4 cm³/mol. The molecule has 0 radical (unpaired) electrons. The van der Waals surface area contributed by atoms with Gasteiger partial charge in [-0.1, -0.05) is 18.2 Å². The van der Waals surface area contributed by atoms with Gasteiger partial charge in [-0.05, 0) is 18.2 Å². The topological polar surface area (TPSA) is 47.1 Å². The Morgan fingerprint density at radius 3 is 2.70 bits per heavy atom. The van der Waals surface area contributed by atoms with Gasteiger partial charge in [0.2, 0.25) is 0 Å². The van der Waals surface area contributed by atoms with Crippen molar-refractivity contribution in [2.24, 2.45) is 0 Å². The summed E-state index contributed by atoms with van der Waals surface area (Å²) < 4.78 is 10.6. The van der Waals surface area contributed by atoms with Gasteiger partial charge in [-0.15, -0.1) is 0 Å². The molecule has 3 rings (SSSR count). The molecular weight excluding hydrogens is 252 g/mol. The Labute approximate surface area is 117 Å². The van der Waals surface area contributed by atoms with Crippen LogP contribution in [0.3, 0.4) is 0 Å². The van der Waals surface area contributed by atoms with Crippen LogP contribution in [0.2, 0.25) is 0 Å². The predicted octanol–water partition coefficient (Wildman–Crippen LogP) is 3.17. The van der Waals surface area contributed by atoms with E-state index in [-0.39, 0.29) is 0 Å². The molecule has 0 atom stereocenters. The molecule has 1 N–H and O–H groups in total. The molecule has 0 saturated heterocycles. The van der Waals surface area contributed by atoms with Gasteiger partial charge in [-0.2, -0.15) is 0 Å². The molecule has 0 amide bonds. The third kappa shape index (κ3) is 2.32. The van der Waals surface area contributed by atoms with Crippen LogP contribution in [0.5, 0.6) is 11.5 Å². The maximum Gasteiger partial charge on any atom is 0.122 e. The van der Waals surface area contributed by atoms with E-state index in [9.17, 15) is 0 Å². The smallest absolute Gasteiger partial charge is 0.122 e. The number of para-hydroxylation sites is 1. The van der Waals surface area contributed by atoms with E-state index in [0.29, 0.717) is 6.42 Å². The summed E-state index contributed by atoms with van der Waals surface area (Å²) in [6.45, 7) is 0. The number of rotatable bonds is 4. The maximum absolute atomic E-state index is 5.37. The number of hydrogen-bond donors (Lipinski definition) is 1. The molecule has 0 unspecified atom stereocenters. The zero-order chi connectivity index (χ0) is 13.9. The summed E-state index contributed by atoms with van der Waals surface area (Å²) in [5.41, 5.74) is 3.03. The average Bonchev–Trinajstić information content (AvgIpc) is 2.89. The SMILES string of the molecule is COc1ccc2nc(Cc3ccccc3OC)[nH]c2c1. The zero-order valence-electron chi connectivity index (χ0n) is 11.5. The van der Waals surface area contributed by atoms with Crippen molar-refractivity contribution in [1.82, 2.24) is 9.97 Å². The van der Waals surface area contributed by atoms with E-state index in [1.807, 2.05) is 42.5 Å². The van der Waals surface area contributed by atoms with E-state index in [2.05, 4.69) is 9.97 Å². The van der Waals surface area contributed by atoms with Crippen molar-refractivity contribution < 1.29 is 9.47 Å². The molecule has 1 aromatic heterocycles. The summed E-state index contributed by atoms with van der Waals surface area (Å²) in [4.78, 5) is 7.92. The number of nitrogens with one attached hydrogen (secondary N) is 1. The molecule has 0 saturated carbocycles. The Hall–Kier alpha value is -2.49. The van der Waals surface area contributed by atoms with Gasteiger partial charge < -0.3 is 14.5 Å². The number of hydrogen-bond acceptors (Lipinski definition) is 3. The first-order chi connectivity index (χ1) is 9.80. The van der Waals surface area contributed by atoms with Crippen molar-refractivity contribution in [3.05, 3.63) is 53.9 Å². The van der Waals surface area contributed by atoms with Gasteiger partial charge >= 0.3 is 0 Å². The van der Waals surface area contributed by atoms with Crippen LogP contribution in [-0.4, -0.2) is 24.2 Å². The standard InChI is InChI=1S/C16H16N2O2/c1-19-12-7-8-13-14(10-12)18-16(17-13)9-11-5-3-4-6-15(11)20-2/h3-8,10H,9H2,1-2H3,(H,17,18). The lowest BCUT2D eigenvalue weighted by Gasteiger charge is -2.05. The van der Waals surface area contributed by atoms with Gasteiger partial charge in [0.05, 0.1) is 25.3 Å². The number of imidazole rings is 1. The van der Waals surface area contributed by atoms with Crippen molar-refractivity contribution in [3.8, 4) is 11.5 Å². The monoisotopic (exact) mass is 268 g/mol. The largest absolute Gasteiger partial charge is 0.497 e. The number of H-pyrrole nitrogens is 1. The quantitative estimate of drug-likeness (QED) is 0.790.